The largest absolute Gasteiger partial charge is 0.335 e. The van der Waals surface area contributed by atoms with Gasteiger partial charge in [0.15, 0.2) is 0 Å². The molecule has 1 aromatic carbocycles. The maximum Gasteiger partial charge on any atom is 0.142 e. The lowest BCUT2D eigenvalue weighted by atomic mass is 10.0. The first-order chi connectivity index (χ1) is 9.65. The number of imidazole rings is 1. The zero-order valence-corrected chi connectivity index (χ0v) is 12.5. The number of hydrogen-bond donors (Lipinski definition) is 1. The Morgan fingerprint density at radius 3 is 2.85 bits per heavy atom. The second-order valence-corrected chi connectivity index (χ2v) is 5.02. The van der Waals surface area contributed by atoms with Crippen molar-refractivity contribution in [3.63, 3.8) is 0 Å². The minimum absolute atomic E-state index is 0.0273. The Kier molecular flexibility index (Phi) is 5.15. The molecule has 108 valence electrons. The van der Waals surface area contributed by atoms with Gasteiger partial charge in [-0.3, -0.25) is 0 Å². The van der Waals surface area contributed by atoms with E-state index in [0.717, 1.165) is 30.9 Å². The predicted molar refractivity (Wildman–Crippen MR) is 79.4 cm³/mol. The molecule has 1 N–H and O–H groups in total. The summed E-state index contributed by atoms with van der Waals surface area (Å²) >= 11 is 5.74. The number of rotatable bonds is 6. The van der Waals surface area contributed by atoms with Crippen LogP contribution in [0.25, 0.3) is 0 Å². The number of nitrogens with one attached hydrogen (secondary N) is 1. The number of aryl methyl sites for hydroxylation is 1. The van der Waals surface area contributed by atoms with Gasteiger partial charge in [-0.15, -0.1) is 0 Å². The second-order valence-electron chi connectivity index (χ2n) is 4.62. The van der Waals surface area contributed by atoms with Crippen LogP contribution in [0.3, 0.4) is 0 Å². The summed E-state index contributed by atoms with van der Waals surface area (Å²) in [5.74, 6) is 0.611. The lowest BCUT2D eigenvalue weighted by molar-refractivity contribution is 0.517. The van der Waals surface area contributed by atoms with E-state index in [4.69, 9.17) is 11.6 Å². The molecule has 0 aliphatic rings. The van der Waals surface area contributed by atoms with Gasteiger partial charge in [-0.05, 0) is 31.2 Å². The van der Waals surface area contributed by atoms with Crippen molar-refractivity contribution in [2.75, 3.05) is 6.54 Å². The Balaban J connectivity index is 2.24. The molecule has 0 aliphatic heterocycles. The van der Waals surface area contributed by atoms with E-state index in [2.05, 4.69) is 21.8 Å². The van der Waals surface area contributed by atoms with Crippen LogP contribution in [0, 0.1) is 5.82 Å². The molecule has 1 unspecified atom stereocenters. The molecule has 2 aromatic rings. The van der Waals surface area contributed by atoms with E-state index in [-0.39, 0.29) is 16.9 Å². The van der Waals surface area contributed by atoms with Gasteiger partial charge in [0.25, 0.3) is 0 Å². The molecule has 0 spiro atoms. The van der Waals surface area contributed by atoms with Gasteiger partial charge < -0.3 is 9.88 Å². The van der Waals surface area contributed by atoms with Crippen LogP contribution in [-0.2, 0) is 13.0 Å². The molecule has 3 nitrogen and oxygen atoms in total. The van der Waals surface area contributed by atoms with Crippen molar-refractivity contribution in [1.82, 2.24) is 14.9 Å². The molecule has 0 fully saturated rings. The summed E-state index contributed by atoms with van der Waals surface area (Å²) in [6.07, 6.45) is 4.47. The van der Waals surface area contributed by atoms with Crippen LogP contribution in [0.5, 0.6) is 0 Å². The maximum atomic E-state index is 13.6. The van der Waals surface area contributed by atoms with Crippen LogP contribution in [0.1, 0.15) is 31.3 Å². The number of hydrogen-bond acceptors (Lipinski definition) is 2. The Morgan fingerprint density at radius 2 is 2.20 bits per heavy atom. The van der Waals surface area contributed by atoms with E-state index in [1.54, 1.807) is 12.3 Å². The van der Waals surface area contributed by atoms with Crippen LogP contribution >= 0.6 is 11.6 Å². The number of nitrogens with zero attached hydrogens (tertiary/aromatic N) is 2. The van der Waals surface area contributed by atoms with Crippen molar-refractivity contribution in [2.45, 2.75) is 32.9 Å². The van der Waals surface area contributed by atoms with Gasteiger partial charge in [0.1, 0.15) is 11.6 Å². The van der Waals surface area contributed by atoms with Crippen molar-refractivity contribution in [3.05, 3.63) is 52.8 Å². The van der Waals surface area contributed by atoms with Crippen molar-refractivity contribution < 1.29 is 4.39 Å². The molecule has 5 heteroatoms. The first-order valence-corrected chi connectivity index (χ1v) is 7.21. The molecule has 1 atom stereocenters. The second kappa shape index (κ2) is 6.86. The molecule has 0 saturated carbocycles. The highest BCUT2D eigenvalue weighted by Crippen LogP contribution is 2.22. The predicted octanol–water partition coefficient (Wildman–Crippen LogP) is 3.59. The SMILES string of the molecule is CCNC(Cc1nccn1CC)c1ccc(Cl)c(F)c1. The highest BCUT2D eigenvalue weighted by molar-refractivity contribution is 6.30. The number of benzene rings is 1. The molecule has 20 heavy (non-hydrogen) atoms. The van der Waals surface area contributed by atoms with Gasteiger partial charge in [0.05, 0.1) is 5.02 Å². The van der Waals surface area contributed by atoms with E-state index >= 15 is 0 Å². The fourth-order valence-electron chi connectivity index (χ4n) is 2.28. The molecule has 0 bridgehead atoms. The summed E-state index contributed by atoms with van der Waals surface area (Å²) in [6.45, 7) is 5.80. The third kappa shape index (κ3) is 3.38. The molecule has 0 radical (unpaired) electrons. The lowest BCUT2D eigenvalue weighted by Crippen LogP contribution is -2.24. The average Bonchev–Trinajstić information content (AvgIpc) is 2.88. The van der Waals surface area contributed by atoms with E-state index in [1.807, 2.05) is 19.2 Å². The van der Waals surface area contributed by atoms with Crippen molar-refractivity contribution >= 4 is 11.6 Å². The van der Waals surface area contributed by atoms with Crippen LogP contribution in [0.15, 0.2) is 30.6 Å². The van der Waals surface area contributed by atoms with Crippen LogP contribution < -0.4 is 5.32 Å². The number of likely N-dealkylation sites (N-methyl/N-ethyl adjacent to an activating group) is 1. The summed E-state index contributed by atoms with van der Waals surface area (Å²) in [7, 11) is 0. The van der Waals surface area contributed by atoms with Crippen molar-refractivity contribution in [3.8, 4) is 0 Å². The monoisotopic (exact) mass is 295 g/mol. The van der Waals surface area contributed by atoms with Gasteiger partial charge in [0, 0.05) is 31.4 Å². The molecule has 0 aliphatic carbocycles. The van der Waals surface area contributed by atoms with Gasteiger partial charge in [-0.1, -0.05) is 24.6 Å². The number of halogens is 2. The van der Waals surface area contributed by atoms with E-state index in [1.165, 1.54) is 6.07 Å². The van der Waals surface area contributed by atoms with E-state index < -0.39 is 0 Å². The van der Waals surface area contributed by atoms with Gasteiger partial charge in [-0.2, -0.15) is 0 Å². The maximum absolute atomic E-state index is 13.6. The lowest BCUT2D eigenvalue weighted by Gasteiger charge is -2.19. The van der Waals surface area contributed by atoms with Crippen LogP contribution in [-0.4, -0.2) is 16.1 Å². The fraction of sp³-hybridized carbons (Fsp3) is 0.400. The molecule has 1 heterocycles. The molecular weight excluding hydrogens is 277 g/mol. The van der Waals surface area contributed by atoms with Crippen molar-refractivity contribution in [2.24, 2.45) is 0 Å². The third-order valence-electron chi connectivity index (χ3n) is 3.33. The molecular formula is C15H19ClFN3. The highest BCUT2D eigenvalue weighted by atomic mass is 35.5. The molecule has 1 aromatic heterocycles. The fourth-order valence-corrected chi connectivity index (χ4v) is 2.40. The highest BCUT2D eigenvalue weighted by Gasteiger charge is 2.15. The minimum Gasteiger partial charge on any atom is -0.335 e. The summed E-state index contributed by atoms with van der Waals surface area (Å²) in [6, 6.07) is 4.98. The average molecular weight is 296 g/mol. The standard InChI is InChI=1S/C15H19ClFN3/c1-3-18-14(10-15-19-7-8-20(15)4-2)11-5-6-12(16)13(17)9-11/h5-9,14,18H,3-4,10H2,1-2H3. The van der Waals surface area contributed by atoms with Crippen LogP contribution in [0.2, 0.25) is 5.02 Å². The Labute approximate surface area is 123 Å². The number of aromatic nitrogens is 2. The van der Waals surface area contributed by atoms with Crippen molar-refractivity contribution in [1.29, 1.82) is 0 Å². The smallest absolute Gasteiger partial charge is 0.142 e. The van der Waals surface area contributed by atoms with Gasteiger partial charge >= 0.3 is 0 Å². The Morgan fingerprint density at radius 1 is 1.40 bits per heavy atom. The zero-order valence-electron chi connectivity index (χ0n) is 11.7. The Hall–Kier alpha value is -1.39. The van der Waals surface area contributed by atoms with Crippen LogP contribution in [0.4, 0.5) is 4.39 Å². The molecule has 2 rings (SSSR count). The summed E-state index contributed by atoms with van der Waals surface area (Å²) in [4.78, 5) is 4.38. The third-order valence-corrected chi connectivity index (χ3v) is 3.63. The minimum atomic E-state index is -0.383. The zero-order chi connectivity index (χ0) is 14.5. The summed E-state index contributed by atoms with van der Waals surface area (Å²) in [5, 5.41) is 3.52. The molecule has 0 saturated heterocycles. The summed E-state index contributed by atoms with van der Waals surface area (Å²) in [5.41, 5.74) is 0.888. The van der Waals surface area contributed by atoms with E-state index in [0.29, 0.717) is 0 Å². The topological polar surface area (TPSA) is 29.9 Å². The normalized spacial score (nSPS) is 12.6. The molecule has 0 amide bonds. The van der Waals surface area contributed by atoms with Gasteiger partial charge in [0.2, 0.25) is 0 Å². The summed E-state index contributed by atoms with van der Waals surface area (Å²) < 4.78 is 15.7. The first-order valence-electron chi connectivity index (χ1n) is 6.84. The Bertz CT molecular complexity index is 568. The van der Waals surface area contributed by atoms with E-state index in [9.17, 15) is 4.39 Å². The quantitative estimate of drug-likeness (QED) is 0.882. The van der Waals surface area contributed by atoms with Gasteiger partial charge in [-0.25, -0.2) is 9.37 Å². The first kappa shape index (κ1) is 15.0.